The Morgan fingerprint density at radius 3 is 2.40 bits per heavy atom. The maximum Gasteiger partial charge on any atom is 0.308 e. The van der Waals surface area contributed by atoms with Crippen molar-refractivity contribution in [2.24, 2.45) is 10.9 Å². The predicted octanol–water partition coefficient (Wildman–Crippen LogP) is 2.58. The molecule has 2 fully saturated rings. The van der Waals surface area contributed by atoms with Crippen molar-refractivity contribution in [3.05, 3.63) is 0 Å². The first-order chi connectivity index (χ1) is 12.2. The van der Waals surface area contributed by atoms with Crippen molar-refractivity contribution in [3.8, 4) is 0 Å². The minimum Gasteiger partial charge on any atom is -0.469 e. The van der Waals surface area contributed by atoms with E-state index in [9.17, 15) is 4.79 Å². The zero-order valence-corrected chi connectivity index (χ0v) is 16.0. The topological polar surface area (TPSA) is 63.2 Å². The molecule has 1 saturated heterocycles. The molecule has 1 aliphatic carbocycles. The van der Waals surface area contributed by atoms with Gasteiger partial charge in [-0.25, -0.2) is 0 Å². The van der Waals surface area contributed by atoms with Gasteiger partial charge in [0.2, 0.25) is 0 Å². The summed E-state index contributed by atoms with van der Waals surface area (Å²) in [6.07, 6.45) is 9.78. The molecule has 0 aromatic carbocycles. The number of guanidine groups is 1. The number of piperidine rings is 1. The Hall–Kier alpha value is -1.30. The van der Waals surface area contributed by atoms with Crippen molar-refractivity contribution in [2.45, 2.75) is 64.4 Å². The lowest BCUT2D eigenvalue weighted by atomic mass is 9.97. The Balaban J connectivity index is 1.75. The van der Waals surface area contributed by atoms with Crippen LogP contribution in [0.3, 0.4) is 0 Å². The first kappa shape index (κ1) is 20.0. The highest BCUT2D eigenvalue weighted by Crippen LogP contribution is 2.20. The van der Waals surface area contributed by atoms with Gasteiger partial charge in [0, 0.05) is 19.6 Å². The standard InChI is InChI=1S/C19H35N3O3/c1-3-20-19(22-13-10-16(11-14-22)18(23)24-2)21-12-15-25-17-8-6-4-5-7-9-17/h16-17H,3-15H2,1-2H3,(H,20,21). The first-order valence-electron chi connectivity index (χ1n) is 9.97. The average molecular weight is 354 g/mol. The van der Waals surface area contributed by atoms with Crippen molar-refractivity contribution in [1.82, 2.24) is 10.2 Å². The van der Waals surface area contributed by atoms with Crippen molar-refractivity contribution in [1.29, 1.82) is 0 Å². The van der Waals surface area contributed by atoms with Crippen LogP contribution in [0.2, 0.25) is 0 Å². The molecule has 25 heavy (non-hydrogen) atoms. The first-order valence-corrected chi connectivity index (χ1v) is 9.97. The van der Waals surface area contributed by atoms with Crippen LogP contribution in [0.4, 0.5) is 0 Å². The zero-order chi connectivity index (χ0) is 17.9. The number of hydrogen-bond acceptors (Lipinski definition) is 4. The molecular weight excluding hydrogens is 318 g/mol. The summed E-state index contributed by atoms with van der Waals surface area (Å²) in [5, 5.41) is 3.36. The summed E-state index contributed by atoms with van der Waals surface area (Å²) < 4.78 is 10.9. The minimum absolute atomic E-state index is 0.0303. The second-order valence-corrected chi connectivity index (χ2v) is 7.00. The van der Waals surface area contributed by atoms with Crippen LogP contribution in [0.25, 0.3) is 0 Å². The van der Waals surface area contributed by atoms with Gasteiger partial charge in [-0.3, -0.25) is 9.79 Å². The molecule has 1 heterocycles. The quantitative estimate of drug-likeness (QED) is 0.261. The van der Waals surface area contributed by atoms with Gasteiger partial charge < -0.3 is 19.7 Å². The van der Waals surface area contributed by atoms with E-state index in [0.29, 0.717) is 19.3 Å². The number of nitrogens with one attached hydrogen (secondary N) is 1. The van der Waals surface area contributed by atoms with Gasteiger partial charge >= 0.3 is 5.97 Å². The van der Waals surface area contributed by atoms with Crippen molar-refractivity contribution < 1.29 is 14.3 Å². The molecule has 6 heteroatoms. The van der Waals surface area contributed by atoms with Crippen molar-refractivity contribution in [2.75, 3.05) is 39.9 Å². The molecule has 0 unspecified atom stereocenters. The number of rotatable bonds is 6. The van der Waals surface area contributed by atoms with Crippen LogP contribution in [0.5, 0.6) is 0 Å². The monoisotopic (exact) mass is 353 g/mol. The highest BCUT2D eigenvalue weighted by atomic mass is 16.5. The van der Waals surface area contributed by atoms with Crippen LogP contribution in [0.1, 0.15) is 58.3 Å². The molecule has 0 radical (unpaired) electrons. The van der Waals surface area contributed by atoms with E-state index in [1.165, 1.54) is 45.6 Å². The van der Waals surface area contributed by atoms with Crippen LogP contribution in [-0.4, -0.2) is 62.8 Å². The maximum atomic E-state index is 11.7. The Kier molecular flexibility index (Phi) is 9.08. The number of likely N-dealkylation sites (tertiary alicyclic amines) is 1. The SMILES string of the molecule is CCNC(=NCCOC1CCCCCC1)N1CCC(C(=O)OC)CC1. The number of nitrogens with zero attached hydrogens (tertiary/aromatic N) is 2. The lowest BCUT2D eigenvalue weighted by Crippen LogP contribution is -2.46. The molecule has 144 valence electrons. The summed E-state index contributed by atoms with van der Waals surface area (Å²) in [5.74, 6) is 0.886. The number of methoxy groups -OCH3 is 1. The third-order valence-electron chi connectivity index (χ3n) is 5.17. The molecule has 6 nitrogen and oxygen atoms in total. The zero-order valence-electron chi connectivity index (χ0n) is 16.0. The van der Waals surface area contributed by atoms with Gasteiger partial charge in [0.15, 0.2) is 5.96 Å². The summed E-state index contributed by atoms with van der Waals surface area (Å²) in [6.45, 7) is 6.00. The Morgan fingerprint density at radius 2 is 1.80 bits per heavy atom. The van der Waals surface area contributed by atoms with Gasteiger partial charge in [-0.1, -0.05) is 25.7 Å². The molecule has 1 N–H and O–H groups in total. The van der Waals surface area contributed by atoms with Gasteiger partial charge in [-0.15, -0.1) is 0 Å². The van der Waals surface area contributed by atoms with Gasteiger partial charge in [0.05, 0.1) is 32.3 Å². The second kappa shape index (κ2) is 11.3. The highest BCUT2D eigenvalue weighted by molar-refractivity contribution is 5.80. The lowest BCUT2D eigenvalue weighted by Gasteiger charge is -2.33. The number of hydrogen-bond donors (Lipinski definition) is 1. The normalized spacial score (nSPS) is 21.0. The summed E-state index contributed by atoms with van der Waals surface area (Å²) in [5.41, 5.74) is 0. The fourth-order valence-electron chi connectivity index (χ4n) is 3.70. The number of carbonyl (C=O) groups excluding carboxylic acids is 1. The van der Waals surface area contributed by atoms with E-state index in [1.807, 2.05) is 0 Å². The molecule has 0 bridgehead atoms. The lowest BCUT2D eigenvalue weighted by molar-refractivity contribution is -0.146. The minimum atomic E-state index is -0.0848. The molecule has 0 aromatic heterocycles. The molecule has 1 aliphatic heterocycles. The number of esters is 1. The number of aliphatic imine (C=N–C) groups is 1. The van der Waals surface area contributed by atoms with E-state index in [0.717, 1.165) is 38.4 Å². The molecule has 0 atom stereocenters. The summed E-state index contributed by atoms with van der Waals surface area (Å²) in [7, 11) is 1.47. The molecule has 0 amide bonds. The van der Waals surface area contributed by atoms with Crippen LogP contribution in [-0.2, 0) is 14.3 Å². The van der Waals surface area contributed by atoms with Gasteiger partial charge in [0.1, 0.15) is 0 Å². The smallest absolute Gasteiger partial charge is 0.308 e. The Labute approximate surface area is 152 Å². The molecule has 2 rings (SSSR count). The van der Waals surface area contributed by atoms with E-state index in [2.05, 4.69) is 17.1 Å². The number of carbonyl (C=O) groups is 1. The molecule has 2 aliphatic rings. The van der Waals surface area contributed by atoms with Crippen molar-refractivity contribution >= 4 is 11.9 Å². The fraction of sp³-hybridized carbons (Fsp3) is 0.895. The van der Waals surface area contributed by atoms with Crippen LogP contribution in [0, 0.1) is 5.92 Å². The van der Waals surface area contributed by atoms with Crippen LogP contribution >= 0.6 is 0 Å². The third kappa shape index (κ3) is 6.84. The van der Waals surface area contributed by atoms with Crippen LogP contribution < -0.4 is 5.32 Å². The van der Waals surface area contributed by atoms with E-state index >= 15 is 0 Å². The van der Waals surface area contributed by atoms with E-state index in [1.54, 1.807) is 0 Å². The molecular formula is C19H35N3O3. The fourth-order valence-corrected chi connectivity index (χ4v) is 3.70. The largest absolute Gasteiger partial charge is 0.469 e. The van der Waals surface area contributed by atoms with Gasteiger partial charge in [-0.2, -0.15) is 0 Å². The molecule has 1 saturated carbocycles. The van der Waals surface area contributed by atoms with Gasteiger partial charge in [-0.05, 0) is 32.6 Å². The van der Waals surface area contributed by atoms with Crippen molar-refractivity contribution in [3.63, 3.8) is 0 Å². The Bertz CT molecular complexity index is 412. The Morgan fingerprint density at radius 1 is 1.12 bits per heavy atom. The molecule has 0 spiro atoms. The van der Waals surface area contributed by atoms with Crippen LogP contribution in [0.15, 0.2) is 4.99 Å². The summed E-state index contributed by atoms with van der Waals surface area (Å²) >= 11 is 0. The second-order valence-electron chi connectivity index (χ2n) is 7.00. The average Bonchev–Trinajstić information content (AvgIpc) is 2.92. The van der Waals surface area contributed by atoms with E-state index in [-0.39, 0.29) is 11.9 Å². The summed E-state index contributed by atoms with van der Waals surface area (Å²) in [6, 6.07) is 0. The van der Waals surface area contributed by atoms with E-state index in [4.69, 9.17) is 14.5 Å². The third-order valence-corrected chi connectivity index (χ3v) is 5.17. The maximum absolute atomic E-state index is 11.7. The van der Waals surface area contributed by atoms with Gasteiger partial charge in [0.25, 0.3) is 0 Å². The molecule has 0 aromatic rings. The predicted molar refractivity (Wildman–Crippen MR) is 99.7 cm³/mol. The summed E-state index contributed by atoms with van der Waals surface area (Å²) in [4.78, 5) is 18.6. The highest BCUT2D eigenvalue weighted by Gasteiger charge is 2.26. The van der Waals surface area contributed by atoms with E-state index < -0.39 is 0 Å². The number of ether oxygens (including phenoxy) is 2.